The molecule has 1 N–H and O–H groups in total. The Balaban J connectivity index is 1.97. The maximum Gasteiger partial charge on any atom is 0.0673 e. The summed E-state index contributed by atoms with van der Waals surface area (Å²) >= 11 is 0. The molecule has 0 heterocycles. The molecule has 1 saturated carbocycles. The molecular weight excluding hydrogens is 196 g/mol. The normalized spacial score (nSPS) is 19.7. The first-order chi connectivity index (χ1) is 7.73. The van der Waals surface area contributed by atoms with E-state index in [0.29, 0.717) is 5.92 Å². The van der Waals surface area contributed by atoms with Crippen molar-refractivity contribution in [3.8, 4) is 0 Å². The summed E-state index contributed by atoms with van der Waals surface area (Å²) in [5, 5.41) is 10.4. The van der Waals surface area contributed by atoms with E-state index in [2.05, 4.69) is 13.8 Å². The van der Waals surface area contributed by atoms with Crippen molar-refractivity contribution >= 4 is 0 Å². The summed E-state index contributed by atoms with van der Waals surface area (Å²) in [7, 11) is 0. The van der Waals surface area contributed by atoms with Gasteiger partial charge in [-0.3, -0.25) is 0 Å². The highest BCUT2D eigenvalue weighted by atomic mass is 16.3. The van der Waals surface area contributed by atoms with Crippen molar-refractivity contribution in [3.63, 3.8) is 0 Å². The molecule has 0 aromatic heterocycles. The Bertz CT molecular complexity index is 174. The standard InChI is InChI=1S/C15H30O/c1-3-5-6-7-8-9-10-13-15(16,4-2)14-11-12-14/h14,16H,3-13H2,1-2H3. The van der Waals surface area contributed by atoms with E-state index in [0.717, 1.165) is 12.8 Å². The summed E-state index contributed by atoms with van der Waals surface area (Å²) in [6.07, 6.45) is 13.9. The van der Waals surface area contributed by atoms with E-state index in [1.165, 1.54) is 57.8 Å². The van der Waals surface area contributed by atoms with Gasteiger partial charge in [-0.15, -0.1) is 0 Å². The van der Waals surface area contributed by atoms with Crippen LogP contribution < -0.4 is 0 Å². The van der Waals surface area contributed by atoms with Crippen molar-refractivity contribution in [1.82, 2.24) is 0 Å². The van der Waals surface area contributed by atoms with Gasteiger partial charge >= 0.3 is 0 Å². The summed E-state index contributed by atoms with van der Waals surface area (Å²) in [6, 6.07) is 0. The van der Waals surface area contributed by atoms with Gasteiger partial charge in [0, 0.05) is 0 Å². The lowest BCUT2D eigenvalue weighted by Gasteiger charge is -2.26. The predicted molar refractivity (Wildman–Crippen MR) is 70.6 cm³/mol. The van der Waals surface area contributed by atoms with E-state index < -0.39 is 0 Å². The van der Waals surface area contributed by atoms with Crippen molar-refractivity contribution in [1.29, 1.82) is 0 Å². The monoisotopic (exact) mass is 226 g/mol. The van der Waals surface area contributed by atoms with Crippen LogP contribution in [-0.4, -0.2) is 10.7 Å². The molecule has 1 aliphatic rings. The number of unbranched alkanes of at least 4 members (excludes halogenated alkanes) is 6. The first kappa shape index (κ1) is 14.0. The lowest BCUT2D eigenvalue weighted by atomic mass is 9.88. The summed E-state index contributed by atoms with van der Waals surface area (Å²) in [4.78, 5) is 0. The van der Waals surface area contributed by atoms with Crippen LogP contribution in [0.5, 0.6) is 0 Å². The molecular formula is C15H30O. The van der Waals surface area contributed by atoms with Gasteiger partial charge < -0.3 is 5.11 Å². The number of rotatable bonds is 10. The highest BCUT2D eigenvalue weighted by Gasteiger charge is 2.41. The first-order valence-electron chi connectivity index (χ1n) is 7.45. The van der Waals surface area contributed by atoms with Crippen molar-refractivity contribution in [2.75, 3.05) is 0 Å². The Morgan fingerprint density at radius 2 is 1.50 bits per heavy atom. The van der Waals surface area contributed by atoms with Gasteiger partial charge in [0.15, 0.2) is 0 Å². The highest BCUT2D eigenvalue weighted by molar-refractivity contribution is 4.93. The molecule has 1 heteroatoms. The zero-order chi connectivity index (χ0) is 11.9. The molecule has 0 amide bonds. The van der Waals surface area contributed by atoms with E-state index in [9.17, 15) is 5.11 Å². The van der Waals surface area contributed by atoms with E-state index in [-0.39, 0.29) is 5.60 Å². The van der Waals surface area contributed by atoms with Crippen molar-refractivity contribution < 1.29 is 5.11 Å². The second kappa shape index (κ2) is 7.32. The lowest BCUT2D eigenvalue weighted by Crippen LogP contribution is -2.30. The molecule has 0 spiro atoms. The third-order valence-electron chi connectivity index (χ3n) is 4.16. The van der Waals surface area contributed by atoms with Gasteiger partial charge in [0.2, 0.25) is 0 Å². The van der Waals surface area contributed by atoms with E-state index in [4.69, 9.17) is 0 Å². The fourth-order valence-electron chi connectivity index (χ4n) is 2.68. The largest absolute Gasteiger partial charge is 0.390 e. The van der Waals surface area contributed by atoms with Gasteiger partial charge in [-0.05, 0) is 31.6 Å². The fourth-order valence-corrected chi connectivity index (χ4v) is 2.68. The zero-order valence-corrected chi connectivity index (χ0v) is 11.3. The van der Waals surface area contributed by atoms with Crippen LogP contribution in [0, 0.1) is 5.92 Å². The Labute approximate surface area is 102 Å². The Morgan fingerprint density at radius 3 is 2.00 bits per heavy atom. The molecule has 0 bridgehead atoms. The van der Waals surface area contributed by atoms with Gasteiger partial charge in [-0.25, -0.2) is 0 Å². The fraction of sp³-hybridized carbons (Fsp3) is 1.00. The zero-order valence-electron chi connectivity index (χ0n) is 11.3. The SMILES string of the molecule is CCCCCCCCCC(O)(CC)C1CC1. The molecule has 0 aliphatic heterocycles. The minimum atomic E-state index is -0.302. The quantitative estimate of drug-likeness (QED) is 0.536. The Hall–Kier alpha value is -0.0400. The molecule has 0 aromatic carbocycles. The van der Waals surface area contributed by atoms with Crippen LogP contribution >= 0.6 is 0 Å². The third kappa shape index (κ3) is 4.86. The molecule has 1 nitrogen and oxygen atoms in total. The molecule has 1 atom stereocenters. The van der Waals surface area contributed by atoms with Gasteiger partial charge in [-0.2, -0.15) is 0 Å². The average molecular weight is 226 g/mol. The number of hydrogen-bond donors (Lipinski definition) is 1. The molecule has 1 aliphatic carbocycles. The van der Waals surface area contributed by atoms with Gasteiger partial charge in [-0.1, -0.05) is 58.8 Å². The Kier molecular flexibility index (Phi) is 6.41. The van der Waals surface area contributed by atoms with Crippen LogP contribution in [0.4, 0.5) is 0 Å². The molecule has 0 saturated heterocycles. The van der Waals surface area contributed by atoms with Crippen molar-refractivity contribution in [2.24, 2.45) is 5.92 Å². The van der Waals surface area contributed by atoms with E-state index >= 15 is 0 Å². The summed E-state index contributed by atoms with van der Waals surface area (Å²) in [6.45, 7) is 4.40. The maximum absolute atomic E-state index is 10.4. The van der Waals surface area contributed by atoms with E-state index in [1.54, 1.807) is 0 Å². The highest BCUT2D eigenvalue weighted by Crippen LogP contribution is 2.44. The molecule has 0 radical (unpaired) electrons. The third-order valence-corrected chi connectivity index (χ3v) is 4.16. The van der Waals surface area contributed by atoms with Gasteiger partial charge in [0.25, 0.3) is 0 Å². The van der Waals surface area contributed by atoms with Gasteiger partial charge in [0.1, 0.15) is 0 Å². The molecule has 16 heavy (non-hydrogen) atoms. The van der Waals surface area contributed by atoms with Crippen LogP contribution in [-0.2, 0) is 0 Å². The topological polar surface area (TPSA) is 20.2 Å². The van der Waals surface area contributed by atoms with Crippen molar-refractivity contribution in [3.05, 3.63) is 0 Å². The summed E-state index contributed by atoms with van der Waals surface area (Å²) in [5.41, 5.74) is -0.302. The summed E-state index contributed by atoms with van der Waals surface area (Å²) in [5.74, 6) is 0.637. The van der Waals surface area contributed by atoms with Crippen molar-refractivity contribution in [2.45, 2.75) is 90.1 Å². The maximum atomic E-state index is 10.4. The minimum absolute atomic E-state index is 0.302. The van der Waals surface area contributed by atoms with E-state index in [1.807, 2.05) is 0 Å². The molecule has 1 fully saturated rings. The number of aliphatic hydroxyl groups is 1. The van der Waals surface area contributed by atoms with Crippen LogP contribution in [0.3, 0.4) is 0 Å². The average Bonchev–Trinajstić information content (AvgIpc) is 3.12. The molecule has 0 aromatic rings. The first-order valence-corrected chi connectivity index (χ1v) is 7.45. The number of hydrogen-bond acceptors (Lipinski definition) is 1. The van der Waals surface area contributed by atoms with Gasteiger partial charge in [0.05, 0.1) is 5.60 Å². The smallest absolute Gasteiger partial charge is 0.0673 e. The van der Waals surface area contributed by atoms with Crippen LogP contribution in [0.25, 0.3) is 0 Å². The molecule has 1 unspecified atom stereocenters. The molecule has 96 valence electrons. The van der Waals surface area contributed by atoms with Crippen LogP contribution in [0.2, 0.25) is 0 Å². The second-order valence-corrected chi connectivity index (χ2v) is 5.60. The molecule has 1 rings (SSSR count). The van der Waals surface area contributed by atoms with Crippen LogP contribution in [0.15, 0.2) is 0 Å². The minimum Gasteiger partial charge on any atom is -0.390 e. The second-order valence-electron chi connectivity index (χ2n) is 5.60. The Morgan fingerprint density at radius 1 is 0.938 bits per heavy atom. The van der Waals surface area contributed by atoms with Crippen LogP contribution in [0.1, 0.15) is 84.5 Å². The summed E-state index contributed by atoms with van der Waals surface area (Å²) < 4.78 is 0. The predicted octanol–water partition coefficient (Wildman–Crippen LogP) is 4.68. The lowest BCUT2D eigenvalue weighted by molar-refractivity contribution is 0.00283.